The highest BCUT2D eigenvalue weighted by atomic mass is 35.5. The Morgan fingerprint density at radius 2 is 1.79 bits per heavy atom. The van der Waals surface area contributed by atoms with Crippen molar-refractivity contribution in [3.63, 3.8) is 0 Å². The molecule has 1 aliphatic heterocycles. The predicted octanol–water partition coefficient (Wildman–Crippen LogP) is 3.54. The number of benzene rings is 1. The Balaban J connectivity index is 1.66. The maximum atomic E-state index is 12.8. The van der Waals surface area contributed by atoms with Crippen molar-refractivity contribution in [3.05, 3.63) is 59.5 Å². The van der Waals surface area contributed by atoms with Gasteiger partial charge in [0.1, 0.15) is 11.3 Å². The highest BCUT2D eigenvalue weighted by Crippen LogP contribution is 2.36. The molecule has 0 spiro atoms. The Kier molecular flexibility index (Phi) is 4.49. The van der Waals surface area contributed by atoms with Crippen molar-refractivity contribution in [2.75, 3.05) is 5.32 Å². The van der Waals surface area contributed by atoms with Gasteiger partial charge in [-0.25, -0.2) is 4.98 Å². The van der Waals surface area contributed by atoms with Crippen LogP contribution >= 0.6 is 11.6 Å². The van der Waals surface area contributed by atoms with Gasteiger partial charge in [0.25, 0.3) is 5.91 Å². The molecule has 1 fully saturated rings. The summed E-state index contributed by atoms with van der Waals surface area (Å²) in [5.74, 6) is -0.299. The summed E-state index contributed by atoms with van der Waals surface area (Å²) >= 11 is 6.14. The summed E-state index contributed by atoms with van der Waals surface area (Å²) < 4.78 is 14.0. The number of rotatable bonds is 3. The minimum atomic E-state index is -0.517. The largest absolute Gasteiger partial charge is 0.496 e. The predicted molar refractivity (Wildman–Crippen MR) is 110 cm³/mol. The number of hydrogen-bond donors (Lipinski definition) is 1. The zero-order valence-electron chi connectivity index (χ0n) is 16.2. The number of halogens is 1. The molecule has 3 heterocycles. The molecule has 1 amide bonds. The molecule has 3 aromatic rings. The second-order valence-electron chi connectivity index (χ2n) is 7.86. The fourth-order valence-electron chi connectivity index (χ4n) is 3.03. The second-order valence-corrected chi connectivity index (χ2v) is 8.26. The van der Waals surface area contributed by atoms with Crippen molar-refractivity contribution in [2.24, 2.45) is 0 Å². The van der Waals surface area contributed by atoms with Gasteiger partial charge in [-0.3, -0.25) is 9.20 Å². The third-order valence-electron chi connectivity index (χ3n) is 5.41. The molecular formula is C20H21BClN3O3. The third kappa shape index (κ3) is 3.19. The molecule has 1 aromatic carbocycles. The monoisotopic (exact) mass is 397 g/mol. The van der Waals surface area contributed by atoms with Gasteiger partial charge < -0.3 is 14.6 Å². The SMILES string of the molecule is CC1(C)OB(c2ccc3ncc(C(=O)Nc4ccccc4Cl)n3c2)OC1(C)C. The van der Waals surface area contributed by atoms with E-state index in [4.69, 9.17) is 20.9 Å². The number of amides is 1. The summed E-state index contributed by atoms with van der Waals surface area (Å²) in [4.78, 5) is 17.1. The molecule has 0 saturated carbocycles. The molecule has 1 aliphatic rings. The summed E-state index contributed by atoms with van der Waals surface area (Å²) in [5, 5.41) is 3.30. The zero-order chi connectivity index (χ0) is 20.1. The molecule has 28 heavy (non-hydrogen) atoms. The molecule has 0 unspecified atom stereocenters. The first-order valence-corrected chi connectivity index (χ1v) is 9.44. The molecule has 6 nitrogen and oxygen atoms in total. The molecule has 1 saturated heterocycles. The number of nitrogens with zero attached hydrogens (tertiary/aromatic N) is 2. The molecule has 1 N–H and O–H groups in total. The summed E-state index contributed by atoms with van der Waals surface area (Å²) in [5.41, 5.74) is 1.54. The summed E-state index contributed by atoms with van der Waals surface area (Å²) in [6.07, 6.45) is 3.36. The Hall–Kier alpha value is -2.35. The number of pyridine rings is 1. The zero-order valence-corrected chi connectivity index (χ0v) is 16.9. The summed E-state index contributed by atoms with van der Waals surface area (Å²) in [7, 11) is -0.517. The van der Waals surface area contributed by atoms with Crippen molar-refractivity contribution in [1.29, 1.82) is 0 Å². The topological polar surface area (TPSA) is 64.9 Å². The van der Waals surface area contributed by atoms with Gasteiger partial charge in [-0.15, -0.1) is 0 Å². The number of carbonyl (C=O) groups is 1. The van der Waals surface area contributed by atoms with Gasteiger partial charge in [0.05, 0.1) is 28.1 Å². The maximum absolute atomic E-state index is 12.8. The van der Waals surface area contributed by atoms with E-state index in [9.17, 15) is 4.79 Å². The van der Waals surface area contributed by atoms with Crippen LogP contribution in [0.15, 0.2) is 48.8 Å². The Labute approximate surface area is 169 Å². The summed E-state index contributed by atoms with van der Waals surface area (Å²) in [6, 6.07) is 10.8. The van der Waals surface area contributed by atoms with Gasteiger partial charge in [0.2, 0.25) is 0 Å². The first kappa shape index (κ1) is 19.0. The molecule has 0 bridgehead atoms. The number of para-hydroxylation sites is 1. The van der Waals surface area contributed by atoms with E-state index >= 15 is 0 Å². The lowest BCUT2D eigenvalue weighted by molar-refractivity contribution is 0.00578. The maximum Gasteiger partial charge on any atom is 0.496 e. The van der Waals surface area contributed by atoms with Crippen LogP contribution in [0.5, 0.6) is 0 Å². The molecule has 0 atom stereocenters. The van der Waals surface area contributed by atoms with Crippen LogP contribution in [0.25, 0.3) is 5.65 Å². The van der Waals surface area contributed by atoms with E-state index in [1.807, 2.05) is 58.2 Å². The van der Waals surface area contributed by atoms with E-state index < -0.39 is 18.3 Å². The number of anilines is 1. The van der Waals surface area contributed by atoms with Crippen LogP contribution in [0.1, 0.15) is 38.2 Å². The second kappa shape index (κ2) is 6.62. The quantitative estimate of drug-likeness (QED) is 0.687. The standard InChI is InChI=1S/C20H21BClN3O3/c1-19(2)20(3,4)28-21(27-19)13-9-10-17-23-11-16(25(17)12-13)18(26)24-15-8-6-5-7-14(15)22/h5-12H,1-4H3,(H,24,26). The minimum Gasteiger partial charge on any atom is -0.399 e. The Morgan fingerprint density at radius 1 is 1.11 bits per heavy atom. The Bertz CT molecular complexity index is 1050. The van der Waals surface area contributed by atoms with Gasteiger partial charge in [-0.1, -0.05) is 29.8 Å². The highest BCUT2D eigenvalue weighted by Gasteiger charge is 2.51. The van der Waals surface area contributed by atoms with Crippen molar-refractivity contribution in [2.45, 2.75) is 38.9 Å². The van der Waals surface area contributed by atoms with Crippen LogP contribution in [0.2, 0.25) is 5.02 Å². The smallest absolute Gasteiger partial charge is 0.399 e. The average molecular weight is 398 g/mol. The molecule has 2 aromatic heterocycles. The van der Waals surface area contributed by atoms with Crippen LogP contribution in [0.4, 0.5) is 5.69 Å². The van der Waals surface area contributed by atoms with E-state index in [1.165, 1.54) is 6.20 Å². The van der Waals surface area contributed by atoms with E-state index in [0.717, 1.165) is 5.46 Å². The average Bonchev–Trinajstić information content (AvgIpc) is 3.14. The van der Waals surface area contributed by atoms with Crippen LogP contribution in [0, 0.1) is 0 Å². The fraction of sp³-hybridized carbons (Fsp3) is 0.300. The summed E-state index contributed by atoms with van der Waals surface area (Å²) in [6.45, 7) is 8.02. The highest BCUT2D eigenvalue weighted by molar-refractivity contribution is 6.62. The first-order valence-electron chi connectivity index (χ1n) is 9.06. The fourth-order valence-corrected chi connectivity index (χ4v) is 3.22. The molecule has 8 heteroatoms. The third-order valence-corrected chi connectivity index (χ3v) is 5.74. The van der Waals surface area contributed by atoms with E-state index in [1.54, 1.807) is 16.5 Å². The molecular weight excluding hydrogens is 377 g/mol. The number of hydrogen-bond acceptors (Lipinski definition) is 4. The van der Waals surface area contributed by atoms with Crippen molar-refractivity contribution in [1.82, 2.24) is 9.38 Å². The number of carbonyl (C=O) groups excluding carboxylic acids is 1. The molecule has 0 aliphatic carbocycles. The molecule has 144 valence electrons. The lowest BCUT2D eigenvalue weighted by Crippen LogP contribution is -2.41. The number of nitrogens with one attached hydrogen (secondary N) is 1. The Morgan fingerprint density at radius 3 is 2.46 bits per heavy atom. The van der Waals surface area contributed by atoms with Crippen molar-refractivity contribution >= 4 is 41.4 Å². The number of aromatic nitrogens is 2. The number of fused-ring (bicyclic) bond motifs is 1. The van der Waals surface area contributed by atoms with Gasteiger partial charge in [-0.2, -0.15) is 0 Å². The normalized spacial score (nSPS) is 17.8. The van der Waals surface area contributed by atoms with Crippen molar-refractivity contribution in [3.8, 4) is 0 Å². The lowest BCUT2D eigenvalue weighted by Gasteiger charge is -2.32. The van der Waals surface area contributed by atoms with E-state index in [2.05, 4.69) is 10.3 Å². The van der Waals surface area contributed by atoms with Gasteiger partial charge >= 0.3 is 7.12 Å². The molecule has 0 radical (unpaired) electrons. The van der Waals surface area contributed by atoms with E-state index in [-0.39, 0.29) is 5.91 Å². The van der Waals surface area contributed by atoms with Gasteiger partial charge in [0.15, 0.2) is 0 Å². The van der Waals surface area contributed by atoms with Gasteiger partial charge in [-0.05, 0) is 51.4 Å². The van der Waals surface area contributed by atoms with Crippen LogP contribution in [0.3, 0.4) is 0 Å². The van der Waals surface area contributed by atoms with Gasteiger partial charge in [0, 0.05) is 6.20 Å². The van der Waals surface area contributed by atoms with Crippen LogP contribution < -0.4 is 10.8 Å². The lowest BCUT2D eigenvalue weighted by atomic mass is 9.80. The van der Waals surface area contributed by atoms with Crippen molar-refractivity contribution < 1.29 is 14.1 Å². The van der Waals surface area contributed by atoms with Crippen LogP contribution in [-0.4, -0.2) is 33.6 Å². The first-order chi connectivity index (χ1) is 13.2. The number of imidazole rings is 1. The minimum absolute atomic E-state index is 0.299. The van der Waals surface area contributed by atoms with E-state index in [0.29, 0.717) is 22.1 Å². The van der Waals surface area contributed by atoms with Crippen LogP contribution in [-0.2, 0) is 9.31 Å². The molecule has 4 rings (SSSR count).